The second-order valence-electron chi connectivity index (χ2n) is 4.76. The maximum Gasteiger partial charge on any atom is 0.273 e. The number of rotatable bonds is 4. The van der Waals surface area contributed by atoms with Crippen LogP contribution < -0.4 is 0 Å². The number of carbonyl (C=O) groups is 1. The van der Waals surface area contributed by atoms with Gasteiger partial charge in [0.15, 0.2) is 11.6 Å². The van der Waals surface area contributed by atoms with E-state index >= 15 is 0 Å². The number of aromatic nitrogens is 4. The molecule has 23 heavy (non-hydrogen) atoms. The predicted octanol–water partition coefficient (Wildman–Crippen LogP) is 2.48. The molecule has 0 saturated carbocycles. The fourth-order valence-electron chi connectivity index (χ4n) is 1.93. The van der Waals surface area contributed by atoms with Crippen molar-refractivity contribution in [1.82, 2.24) is 25.1 Å². The second kappa shape index (κ2) is 6.21. The van der Waals surface area contributed by atoms with E-state index in [1.165, 1.54) is 28.6 Å². The summed E-state index contributed by atoms with van der Waals surface area (Å²) in [6.45, 7) is 0.261. The molecule has 0 aliphatic heterocycles. The van der Waals surface area contributed by atoms with Crippen LogP contribution in [0.15, 0.2) is 29.9 Å². The van der Waals surface area contributed by atoms with Crippen LogP contribution in [0.1, 0.15) is 16.3 Å². The van der Waals surface area contributed by atoms with Crippen LogP contribution in [-0.2, 0) is 6.54 Å². The van der Waals surface area contributed by atoms with E-state index in [-0.39, 0.29) is 18.1 Å². The highest BCUT2D eigenvalue weighted by atomic mass is 32.1. The Kier molecular flexibility index (Phi) is 4.11. The predicted molar refractivity (Wildman–Crippen MR) is 79.6 cm³/mol. The lowest BCUT2D eigenvalue weighted by atomic mass is 10.2. The fraction of sp³-hybridized carbons (Fsp3) is 0.143. The third kappa shape index (κ3) is 3.24. The van der Waals surface area contributed by atoms with Crippen molar-refractivity contribution in [1.29, 1.82) is 0 Å². The number of aromatic amines is 1. The van der Waals surface area contributed by atoms with Crippen LogP contribution in [0.4, 0.5) is 8.78 Å². The zero-order valence-corrected chi connectivity index (χ0v) is 12.8. The molecular formula is C14H11F2N5OS. The molecule has 1 aromatic carbocycles. The Labute approximate surface area is 133 Å². The average Bonchev–Trinajstić information content (AvgIpc) is 3.20. The molecule has 3 aromatic rings. The number of halogens is 2. The highest BCUT2D eigenvalue weighted by Gasteiger charge is 2.17. The van der Waals surface area contributed by atoms with Gasteiger partial charge in [-0.05, 0) is 18.2 Å². The maximum atomic E-state index is 13.3. The van der Waals surface area contributed by atoms with Crippen LogP contribution >= 0.6 is 11.3 Å². The molecule has 0 saturated heterocycles. The highest BCUT2D eigenvalue weighted by Crippen LogP contribution is 2.25. The van der Waals surface area contributed by atoms with Crippen LogP contribution in [0.2, 0.25) is 0 Å². The van der Waals surface area contributed by atoms with Crippen molar-refractivity contribution < 1.29 is 13.6 Å². The van der Waals surface area contributed by atoms with Crippen LogP contribution in [0.25, 0.3) is 10.6 Å². The fourth-order valence-corrected chi connectivity index (χ4v) is 2.72. The Morgan fingerprint density at radius 3 is 2.87 bits per heavy atom. The van der Waals surface area contributed by atoms with Crippen molar-refractivity contribution >= 4 is 17.2 Å². The van der Waals surface area contributed by atoms with Crippen LogP contribution in [0.5, 0.6) is 0 Å². The lowest BCUT2D eigenvalue weighted by Crippen LogP contribution is -2.27. The van der Waals surface area contributed by atoms with E-state index < -0.39 is 11.6 Å². The van der Waals surface area contributed by atoms with Gasteiger partial charge in [-0.25, -0.2) is 18.7 Å². The summed E-state index contributed by atoms with van der Waals surface area (Å²) >= 11 is 1.19. The van der Waals surface area contributed by atoms with Crippen molar-refractivity contribution in [2.75, 3.05) is 7.05 Å². The summed E-state index contributed by atoms with van der Waals surface area (Å²) < 4.78 is 26.2. The topological polar surface area (TPSA) is 74.8 Å². The van der Waals surface area contributed by atoms with Gasteiger partial charge in [-0.2, -0.15) is 5.10 Å². The average molecular weight is 335 g/mol. The molecule has 0 unspecified atom stereocenters. The molecule has 2 aromatic heterocycles. The van der Waals surface area contributed by atoms with Crippen LogP contribution in [0, 0.1) is 11.6 Å². The first-order valence-electron chi connectivity index (χ1n) is 6.55. The number of benzene rings is 1. The molecule has 118 valence electrons. The molecule has 0 aliphatic rings. The quantitative estimate of drug-likeness (QED) is 0.795. The van der Waals surface area contributed by atoms with E-state index in [1.807, 2.05) is 0 Å². The van der Waals surface area contributed by atoms with Gasteiger partial charge in [-0.1, -0.05) is 0 Å². The highest BCUT2D eigenvalue weighted by molar-refractivity contribution is 7.13. The Morgan fingerprint density at radius 2 is 2.17 bits per heavy atom. The summed E-state index contributed by atoms with van der Waals surface area (Å²) in [5.74, 6) is -1.62. The summed E-state index contributed by atoms with van der Waals surface area (Å²) in [7, 11) is 1.61. The van der Waals surface area contributed by atoms with E-state index in [0.717, 1.165) is 12.1 Å². The first-order chi connectivity index (χ1) is 11.0. The van der Waals surface area contributed by atoms with Crippen molar-refractivity contribution in [3.8, 4) is 10.6 Å². The van der Waals surface area contributed by atoms with Crippen molar-refractivity contribution in [2.45, 2.75) is 6.54 Å². The van der Waals surface area contributed by atoms with Gasteiger partial charge in [0.05, 0.1) is 6.54 Å². The third-order valence-corrected chi connectivity index (χ3v) is 3.98. The summed E-state index contributed by atoms with van der Waals surface area (Å²) in [5, 5.41) is 8.40. The second-order valence-corrected chi connectivity index (χ2v) is 5.62. The molecule has 2 heterocycles. The first-order valence-corrected chi connectivity index (χ1v) is 7.43. The van der Waals surface area contributed by atoms with Crippen LogP contribution in [-0.4, -0.2) is 38.0 Å². The molecule has 1 N–H and O–H groups in total. The van der Waals surface area contributed by atoms with Crippen LogP contribution in [0.3, 0.4) is 0 Å². The number of amides is 1. The third-order valence-electron chi connectivity index (χ3n) is 3.09. The van der Waals surface area contributed by atoms with Crippen molar-refractivity contribution in [2.24, 2.45) is 0 Å². The van der Waals surface area contributed by atoms with Gasteiger partial charge in [0.2, 0.25) is 0 Å². The lowest BCUT2D eigenvalue weighted by molar-refractivity contribution is 0.0777. The van der Waals surface area contributed by atoms with Gasteiger partial charge in [0.25, 0.3) is 5.91 Å². The molecule has 0 aliphatic carbocycles. The summed E-state index contributed by atoms with van der Waals surface area (Å²) in [6, 6.07) is 3.51. The number of hydrogen-bond acceptors (Lipinski definition) is 5. The monoisotopic (exact) mass is 335 g/mol. The standard InChI is InChI=1S/C14H11F2N5OS/c1-21(5-12-17-7-18-20-12)14(22)11-6-23-13(19-11)8-2-3-9(15)10(16)4-8/h2-4,6-7H,5H2,1H3,(H,17,18,20). The first kappa shape index (κ1) is 15.2. The van der Waals surface area contributed by atoms with Gasteiger partial charge in [0, 0.05) is 18.0 Å². The van der Waals surface area contributed by atoms with Gasteiger partial charge >= 0.3 is 0 Å². The molecule has 0 radical (unpaired) electrons. The number of carbonyl (C=O) groups excluding carboxylic acids is 1. The molecule has 9 heteroatoms. The number of nitrogens with one attached hydrogen (secondary N) is 1. The zero-order valence-electron chi connectivity index (χ0n) is 12.0. The Hall–Kier alpha value is -2.68. The van der Waals surface area contributed by atoms with E-state index in [4.69, 9.17) is 0 Å². The Balaban J connectivity index is 1.78. The van der Waals surface area contributed by atoms with Gasteiger partial charge < -0.3 is 4.90 Å². The number of H-pyrrole nitrogens is 1. The molecule has 0 bridgehead atoms. The molecule has 0 fully saturated rings. The van der Waals surface area contributed by atoms with Crippen molar-refractivity contribution in [3.63, 3.8) is 0 Å². The summed E-state index contributed by atoms with van der Waals surface area (Å²) in [5.41, 5.74) is 0.655. The Morgan fingerprint density at radius 1 is 1.35 bits per heavy atom. The Bertz CT molecular complexity index is 834. The van der Waals surface area contributed by atoms with Crippen molar-refractivity contribution in [3.05, 3.63) is 53.1 Å². The number of nitrogens with zero attached hydrogens (tertiary/aromatic N) is 4. The minimum Gasteiger partial charge on any atom is -0.333 e. The lowest BCUT2D eigenvalue weighted by Gasteiger charge is -2.13. The number of thiazole rings is 1. The molecular weight excluding hydrogens is 324 g/mol. The molecule has 6 nitrogen and oxygen atoms in total. The van der Waals surface area contributed by atoms with Gasteiger partial charge in [0.1, 0.15) is 22.9 Å². The zero-order chi connectivity index (χ0) is 16.4. The van der Waals surface area contributed by atoms with Gasteiger partial charge in [-0.3, -0.25) is 9.89 Å². The molecule has 0 spiro atoms. The summed E-state index contributed by atoms with van der Waals surface area (Å²) in [4.78, 5) is 21.9. The smallest absolute Gasteiger partial charge is 0.273 e. The van der Waals surface area contributed by atoms with E-state index in [2.05, 4.69) is 20.2 Å². The normalized spacial score (nSPS) is 10.7. The largest absolute Gasteiger partial charge is 0.333 e. The van der Waals surface area contributed by atoms with E-state index in [9.17, 15) is 13.6 Å². The molecule has 1 amide bonds. The molecule has 3 rings (SSSR count). The van der Waals surface area contributed by atoms with E-state index in [0.29, 0.717) is 16.4 Å². The minimum atomic E-state index is -0.951. The molecule has 0 atom stereocenters. The van der Waals surface area contributed by atoms with E-state index in [1.54, 1.807) is 12.4 Å². The minimum absolute atomic E-state index is 0.233. The maximum absolute atomic E-state index is 13.3. The number of hydrogen-bond donors (Lipinski definition) is 1. The summed E-state index contributed by atoms with van der Waals surface area (Å²) in [6.07, 6.45) is 1.36. The van der Waals surface area contributed by atoms with Gasteiger partial charge in [-0.15, -0.1) is 11.3 Å². The SMILES string of the molecule is CN(Cc1ncn[nH]1)C(=O)c1csc(-c2ccc(F)c(F)c2)n1.